The Hall–Kier alpha value is -7.69. The molecule has 0 saturated heterocycles. The normalized spacial score (nSPS) is 17.6. The van der Waals surface area contributed by atoms with Crippen LogP contribution in [0.25, 0.3) is 22.3 Å². The number of fused-ring (bicyclic) bond motifs is 5. The number of amides is 7. The number of esters is 1. The van der Waals surface area contributed by atoms with E-state index in [4.69, 9.17) is 14.5 Å². The van der Waals surface area contributed by atoms with Crippen LogP contribution in [0.4, 0.5) is 4.39 Å². The molecule has 0 unspecified atom stereocenters. The monoisotopic (exact) mass is 1060 g/mol. The predicted octanol–water partition coefficient (Wildman–Crippen LogP) is 1.78. The molecule has 21 nitrogen and oxygen atoms in total. The highest BCUT2D eigenvalue weighted by Gasteiger charge is 2.46. The number of pyridine rings is 2. The Morgan fingerprint density at radius 3 is 2.34 bits per heavy atom. The van der Waals surface area contributed by atoms with Crippen LogP contribution in [0, 0.1) is 18.2 Å². The second kappa shape index (κ2) is 23.7. The van der Waals surface area contributed by atoms with Crippen molar-refractivity contribution in [1.82, 2.24) is 46.4 Å². The topological polar surface area (TPSA) is 286 Å². The van der Waals surface area contributed by atoms with Crippen molar-refractivity contribution in [2.45, 2.75) is 110 Å². The number of unbranched alkanes of at least 4 members (excludes halogenated alkanes) is 2. The van der Waals surface area contributed by atoms with Crippen molar-refractivity contribution < 1.29 is 57.3 Å². The van der Waals surface area contributed by atoms with Gasteiger partial charge in [0.15, 0.2) is 5.60 Å². The lowest BCUT2D eigenvalue weighted by Gasteiger charge is -2.33. The summed E-state index contributed by atoms with van der Waals surface area (Å²) in [6, 6.07) is 10.6. The van der Waals surface area contributed by atoms with Gasteiger partial charge in [-0.25, -0.2) is 14.2 Å². The molecule has 0 fully saturated rings. The van der Waals surface area contributed by atoms with E-state index in [0.717, 1.165) is 32.5 Å². The zero-order chi connectivity index (χ0) is 55.2. The smallest absolute Gasteiger partial charge is 0.343 e. The maximum Gasteiger partial charge on any atom is 0.343 e. The molecule has 3 aliphatic heterocycles. The van der Waals surface area contributed by atoms with Crippen molar-refractivity contribution in [2.24, 2.45) is 5.41 Å². The lowest BCUT2D eigenvalue weighted by atomic mass is 9.81. The Morgan fingerprint density at radius 1 is 0.896 bits per heavy atom. The molecule has 7 amide bonds. The number of nitrogens with one attached hydrogen (secondary N) is 6. The first-order valence-electron chi connectivity index (χ1n) is 25.9. The molecule has 2 aromatic heterocycles. The van der Waals surface area contributed by atoms with E-state index in [-0.39, 0.29) is 99.5 Å². The van der Waals surface area contributed by atoms with Crippen LogP contribution >= 0.6 is 0 Å². The zero-order valence-corrected chi connectivity index (χ0v) is 43.5. The summed E-state index contributed by atoms with van der Waals surface area (Å²) in [5.41, 5.74) is 2.68. The molecule has 8 rings (SSSR count). The van der Waals surface area contributed by atoms with E-state index in [9.17, 15) is 48.3 Å². The molecule has 4 aromatic rings. The van der Waals surface area contributed by atoms with Crippen molar-refractivity contribution in [3.8, 4) is 11.4 Å². The van der Waals surface area contributed by atoms with Gasteiger partial charge in [-0.1, -0.05) is 57.5 Å². The predicted molar refractivity (Wildman–Crippen MR) is 276 cm³/mol. The highest BCUT2D eigenvalue weighted by molar-refractivity contribution is 6.12. The fourth-order valence-electron chi connectivity index (χ4n) is 10.2. The molecule has 77 heavy (non-hydrogen) atoms. The van der Waals surface area contributed by atoms with Gasteiger partial charge >= 0.3 is 5.97 Å². The zero-order valence-electron chi connectivity index (χ0n) is 43.5. The van der Waals surface area contributed by atoms with Crippen molar-refractivity contribution in [2.75, 3.05) is 46.1 Å². The van der Waals surface area contributed by atoms with E-state index >= 15 is 4.39 Å². The van der Waals surface area contributed by atoms with Gasteiger partial charge in [0.05, 0.1) is 55.3 Å². The summed E-state index contributed by atoms with van der Waals surface area (Å²) in [6.07, 6.45) is 5.41. The molecule has 0 bridgehead atoms. The van der Waals surface area contributed by atoms with Crippen molar-refractivity contribution in [3.63, 3.8) is 0 Å². The number of aromatic nitrogens is 2. The van der Waals surface area contributed by atoms with E-state index in [1.807, 2.05) is 13.8 Å². The van der Waals surface area contributed by atoms with E-state index in [0.29, 0.717) is 61.1 Å². The average molecular weight is 1060 g/mol. The molecular weight excluding hydrogens is 998 g/mol. The summed E-state index contributed by atoms with van der Waals surface area (Å²) in [5, 5.41) is 28.7. The first-order valence-corrected chi connectivity index (χ1v) is 25.9. The summed E-state index contributed by atoms with van der Waals surface area (Å²) in [7, 11) is 0. The van der Waals surface area contributed by atoms with E-state index in [1.54, 1.807) is 54.8 Å². The number of carbonyl (C=O) groups excluding carboxylic acids is 8. The van der Waals surface area contributed by atoms with Crippen LogP contribution in [0.15, 0.2) is 59.4 Å². The summed E-state index contributed by atoms with van der Waals surface area (Å²) >= 11 is 0. The minimum atomic E-state index is -2.00. The van der Waals surface area contributed by atoms with Gasteiger partial charge in [0.2, 0.25) is 29.5 Å². The summed E-state index contributed by atoms with van der Waals surface area (Å²) in [6.45, 7) is 6.72. The van der Waals surface area contributed by atoms with Crippen LogP contribution in [0.5, 0.6) is 0 Å². The number of nitrogens with zero attached hydrogens (tertiary/aromatic N) is 3. The summed E-state index contributed by atoms with van der Waals surface area (Å²) in [4.78, 5) is 120. The van der Waals surface area contributed by atoms with E-state index in [1.165, 1.54) is 18.2 Å². The molecule has 22 heteroatoms. The third-order valence-electron chi connectivity index (χ3n) is 14.5. The summed E-state index contributed by atoms with van der Waals surface area (Å²) in [5.74, 6) is -4.83. The molecule has 2 aromatic carbocycles. The van der Waals surface area contributed by atoms with Gasteiger partial charge in [-0.2, -0.15) is 0 Å². The Kier molecular flexibility index (Phi) is 17.1. The van der Waals surface area contributed by atoms with Crippen molar-refractivity contribution >= 4 is 58.2 Å². The lowest BCUT2D eigenvalue weighted by Crippen LogP contribution is -2.52. The third kappa shape index (κ3) is 12.5. The Bertz CT molecular complexity index is 3100. The number of halogens is 1. The Morgan fingerprint density at radius 2 is 1.60 bits per heavy atom. The number of aliphatic hydroxyl groups is 1. The molecular formula is C55H64FN9O12. The number of ether oxygens (including phenoxy) is 2. The third-order valence-corrected chi connectivity index (χ3v) is 14.5. The van der Waals surface area contributed by atoms with Crippen LogP contribution in [-0.4, -0.2) is 119 Å². The first-order chi connectivity index (χ1) is 36.8. The van der Waals surface area contributed by atoms with Crippen LogP contribution in [0.1, 0.15) is 104 Å². The standard InChI is InChI=1S/C55H64FN9O12/c1-5-55(75)36-21-41-50-34(26-65(41)52(73)35(36)27-77-53(55)74)49-38(16-15-33-31(2)37(56)22-39(63-50)48(33)49)60-28-54(3,4)29-76-30-61-44(68)24-59-51(72)40(20-32-12-8-6-9-13-32)62-45(69)25-58-43(67)23-57-42(66)14-10-7-11-19-64-46(70)17-18-47(64)71/h6,8-9,12-13,17-18,21-22,38,40,60,75H,5,7,10-11,14-16,19-20,23-30H2,1-4H3,(H,57,66)(H,58,67)(H,59,72)(H,61,68)(H,62,69)/t38-,40-,55-/m0/s1. The fourth-order valence-corrected chi connectivity index (χ4v) is 10.2. The van der Waals surface area contributed by atoms with Gasteiger partial charge in [0, 0.05) is 72.1 Å². The van der Waals surface area contributed by atoms with Crippen LogP contribution in [0.2, 0.25) is 0 Å². The van der Waals surface area contributed by atoms with Gasteiger partial charge in [0.1, 0.15) is 25.2 Å². The van der Waals surface area contributed by atoms with Crippen LogP contribution in [0.3, 0.4) is 0 Å². The SMILES string of the molecule is CC[C@@]1(O)C(=O)OCc2c1cc1n(c2=O)Cc2c-1nc1cc(F)c(C)c3c1c2[C@@H](NCC(C)(C)COCNC(=O)CNC(=O)[C@H](Cc1ccccc1)NC(=O)CNC(=O)CNC(=O)CCCCCN1C(=O)C=CC1=O)CC3. The molecule has 3 atom stereocenters. The second-order valence-corrected chi connectivity index (χ2v) is 20.6. The molecule has 7 N–H and O–H groups in total. The first kappa shape index (κ1) is 55.5. The Balaban J connectivity index is 0.800. The maximum absolute atomic E-state index is 15.5. The molecule has 0 spiro atoms. The summed E-state index contributed by atoms with van der Waals surface area (Å²) < 4.78 is 28.2. The van der Waals surface area contributed by atoms with E-state index in [2.05, 4.69) is 31.9 Å². The highest BCUT2D eigenvalue weighted by atomic mass is 19.1. The van der Waals surface area contributed by atoms with Gasteiger partial charge < -0.3 is 51.0 Å². The number of hydrogen-bond donors (Lipinski definition) is 7. The maximum atomic E-state index is 15.5. The van der Waals surface area contributed by atoms with Crippen molar-refractivity contribution in [3.05, 3.63) is 110 Å². The number of cyclic esters (lactones) is 1. The van der Waals surface area contributed by atoms with E-state index < -0.39 is 65.3 Å². The minimum Gasteiger partial charge on any atom is -0.458 e. The molecule has 5 heterocycles. The quantitative estimate of drug-likeness (QED) is 0.0201. The fraction of sp³-hybridized carbons (Fsp3) is 0.455. The van der Waals surface area contributed by atoms with Gasteiger partial charge in [0.25, 0.3) is 17.4 Å². The molecule has 0 radical (unpaired) electrons. The number of imide groups is 1. The van der Waals surface area contributed by atoms with Crippen molar-refractivity contribution in [1.29, 1.82) is 0 Å². The van der Waals surface area contributed by atoms with Gasteiger partial charge in [-0.05, 0) is 67.3 Å². The minimum absolute atomic E-state index is 0.00573. The van der Waals surface area contributed by atoms with Gasteiger partial charge in [-0.15, -0.1) is 0 Å². The molecule has 0 saturated carbocycles. The number of aryl methyl sites for hydroxylation is 1. The molecule has 1 aliphatic carbocycles. The largest absolute Gasteiger partial charge is 0.458 e. The van der Waals surface area contributed by atoms with Crippen LogP contribution < -0.4 is 37.5 Å². The highest BCUT2D eigenvalue weighted by Crippen LogP contribution is 2.46. The lowest BCUT2D eigenvalue weighted by molar-refractivity contribution is -0.172. The van der Waals surface area contributed by atoms with Gasteiger partial charge in [-0.3, -0.25) is 43.3 Å². The molecule has 4 aliphatic rings. The molecule has 408 valence electrons. The number of benzene rings is 2. The number of hydrogen-bond acceptors (Lipinski definition) is 14. The number of carbonyl (C=O) groups is 8. The number of rotatable bonds is 24. The second-order valence-electron chi connectivity index (χ2n) is 20.6. The van der Waals surface area contributed by atoms with Crippen LogP contribution in [-0.2, 0) is 79.4 Å². The Labute approximate surface area is 443 Å². The average Bonchev–Trinajstić information content (AvgIpc) is 4.08.